The van der Waals surface area contributed by atoms with Gasteiger partial charge in [0, 0.05) is 49.1 Å². The van der Waals surface area contributed by atoms with Crippen LogP contribution in [0.2, 0.25) is 0 Å². The first kappa shape index (κ1) is 40.7. The average Bonchev–Trinajstić information content (AvgIpc) is 4.15. The van der Waals surface area contributed by atoms with Crippen molar-refractivity contribution in [3.05, 3.63) is 254 Å². The minimum absolute atomic E-state index is 0.149. The fraction of sp³-hybridized carbons (Fsp3) is 0.0435. The van der Waals surface area contributed by atoms with E-state index in [1.807, 2.05) is 12.1 Å². The van der Waals surface area contributed by atoms with Crippen LogP contribution in [-0.2, 0) is 5.41 Å². The Balaban J connectivity index is 0.920. The minimum Gasteiger partial charge on any atom is -0.456 e. The van der Waals surface area contributed by atoms with Crippen LogP contribution in [0.15, 0.2) is 247 Å². The number of fused-ring (bicyclic) bond motifs is 12. The molecule has 3 heteroatoms. The van der Waals surface area contributed by atoms with Crippen molar-refractivity contribution in [1.29, 1.82) is 0 Å². The lowest BCUT2D eigenvalue weighted by atomic mass is 9.82. The van der Waals surface area contributed by atoms with Crippen LogP contribution in [0.4, 0.5) is 0 Å². The lowest BCUT2D eigenvalue weighted by Gasteiger charge is -2.21. The van der Waals surface area contributed by atoms with Crippen LogP contribution in [0.5, 0.6) is 0 Å². The SMILES string of the molecule is CC1(C)c2ccccc2-c2cc3c4cc(-c5cccc(-c6cc(-c7ccccc7)cc(-c7ccccc7)c6)c5)ccc4n(-c4ccc5c(c4)c4ccccc4n5-c4ccc5oc6ccccc6c5c4)c3cc21. The number of nitrogens with zero attached hydrogens (tertiary/aromatic N) is 2. The molecule has 338 valence electrons. The fourth-order valence-electron chi connectivity index (χ4n) is 12.2. The first-order chi connectivity index (χ1) is 35.4. The van der Waals surface area contributed by atoms with E-state index in [4.69, 9.17) is 4.42 Å². The molecule has 0 saturated carbocycles. The predicted octanol–water partition coefficient (Wildman–Crippen LogP) is 18.8. The molecule has 72 heavy (non-hydrogen) atoms. The van der Waals surface area contributed by atoms with Gasteiger partial charge in [-0.25, -0.2) is 0 Å². The van der Waals surface area contributed by atoms with Crippen molar-refractivity contribution in [2.75, 3.05) is 0 Å². The largest absolute Gasteiger partial charge is 0.456 e. The Kier molecular flexibility index (Phi) is 8.71. The molecule has 1 aliphatic carbocycles. The maximum atomic E-state index is 6.27. The Morgan fingerprint density at radius 1 is 0.278 bits per heavy atom. The van der Waals surface area contributed by atoms with E-state index in [0.717, 1.165) is 38.8 Å². The van der Waals surface area contributed by atoms with Gasteiger partial charge in [0.25, 0.3) is 0 Å². The summed E-state index contributed by atoms with van der Waals surface area (Å²) in [6.07, 6.45) is 0. The molecule has 3 aromatic heterocycles. The van der Waals surface area contributed by atoms with Crippen molar-refractivity contribution < 1.29 is 4.42 Å². The molecule has 14 aromatic rings. The second-order valence-corrected chi connectivity index (χ2v) is 20.1. The molecule has 3 nitrogen and oxygen atoms in total. The maximum absolute atomic E-state index is 6.27. The van der Waals surface area contributed by atoms with Gasteiger partial charge in [-0.15, -0.1) is 0 Å². The van der Waals surface area contributed by atoms with Crippen LogP contribution in [0.3, 0.4) is 0 Å². The summed E-state index contributed by atoms with van der Waals surface area (Å²) in [6.45, 7) is 4.76. The van der Waals surface area contributed by atoms with Crippen LogP contribution >= 0.6 is 0 Å². The Labute approximate surface area is 417 Å². The highest BCUT2D eigenvalue weighted by atomic mass is 16.3. The van der Waals surface area contributed by atoms with Crippen molar-refractivity contribution in [3.8, 4) is 67.0 Å². The van der Waals surface area contributed by atoms with Gasteiger partial charge in [0.1, 0.15) is 11.2 Å². The predicted molar refractivity (Wildman–Crippen MR) is 302 cm³/mol. The average molecular weight is 919 g/mol. The zero-order chi connectivity index (χ0) is 47.7. The van der Waals surface area contributed by atoms with E-state index in [1.54, 1.807) is 0 Å². The zero-order valence-corrected chi connectivity index (χ0v) is 39.9. The quantitative estimate of drug-likeness (QED) is 0.163. The third-order valence-corrected chi connectivity index (χ3v) is 15.7. The molecule has 15 rings (SSSR count). The van der Waals surface area contributed by atoms with Crippen LogP contribution in [0, 0.1) is 0 Å². The lowest BCUT2D eigenvalue weighted by Crippen LogP contribution is -2.14. The number of hydrogen-bond acceptors (Lipinski definition) is 1. The number of furan rings is 1. The number of benzene rings is 11. The molecule has 3 heterocycles. The standard InChI is InChI=1S/C69H46N2O/c1-69(2)61-25-12-9-22-53(61)56-41-59-57-38-47(45-20-15-21-46(34-45)50-36-48(43-16-5-3-6-17-43)35-49(37-50)44-18-7-4-8-19-44)28-31-64(57)71(66(59)42-62(56)69)51-29-32-65-58(39-51)54-23-10-13-26-63(54)70(65)52-30-33-68-60(40-52)55-24-11-14-27-67(55)72-68/h3-42H,1-2H3. The molecular formula is C69H46N2O. The number of hydrogen-bond donors (Lipinski definition) is 0. The summed E-state index contributed by atoms with van der Waals surface area (Å²) in [6, 6.07) is 89.4. The molecule has 0 fully saturated rings. The van der Waals surface area contributed by atoms with E-state index in [1.165, 1.54) is 105 Å². The second kappa shape index (κ2) is 15.4. The normalized spacial score (nSPS) is 13.0. The Hall–Kier alpha value is -9.18. The Morgan fingerprint density at radius 2 is 0.778 bits per heavy atom. The van der Waals surface area contributed by atoms with Gasteiger partial charge in [-0.05, 0) is 164 Å². The molecule has 0 aliphatic heterocycles. The number of aromatic nitrogens is 2. The molecule has 0 saturated heterocycles. The topological polar surface area (TPSA) is 23.0 Å². The summed E-state index contributed by atoms with van der Waals surface area (Å²) < 4.78 is 11.2. The minimum atomic E-state index is -0.149. The summed E-state index contributed by atoms with van der Waals surface area (Å²) in [5, 5.41) is 7.16. The van der Waals surface area contributed by atoms with Gasteiger partial charge in [0.15, 0.2) is 0 Å². The van der Waals surface area contributed by atoms with Gasteiger partial charge in [0.2, 0.25) is 0 Å². The molecule has 0 radical (unpaired) electrons. The van der Waals surface area contributed by atoms with Gasteiger partial charge < -0.3 is 13.6 Å². The van der Waals surface area contributed by atoms with E-state index < -0.39 is 0 Å². The highest BCUT2D eigenvalue weighted by Crippen LogP contribution is 2.51. The number of rotatable bonds is 6. The third-order valence-electron chi connectivity index (χ3n) is 15.7. The van der Waals surface area contributed by atoms with Crippen molar-refractivity contribution in [2.45, 2.75) is 19.3 Å². The molecule has 0 spiro atoms. The third kappa shape index (κ3) is 6.10. The van der Waals surface area contributed by atoms with Crippen molar-refractivity contribution >= 4 is 65.6 Å². The summed E-state index contributed by atoms with van der Waals surface area (Å²) >= 11 is 0. The molecule has 0 unspecified atom stereocenters. The van der Waals surface area contributed by atoms with Crippen LogP contribution < -0.4 is 0 Å². The van der Waals surface area contributed by atoms with Crippen LogP contribution in [0.1, 0.15) is 25.0 Å². The highest BCUT2D eigenvalue weighted by Gasteiger charge is 2.36. The molecular weight excluding hydrogens is 873 g/mol. The first-order valence-corrected chi connectivity index (χ1v) is 25.0. The van der Waals surface area contributed by atoms with Crippen LogP contribution in [0.25, 0.3) is 133 Å². The molecule has 1 aliphatic rings. The molecule has 0 amide bonds. The highest BCUT2D eigenvalue weighted by molar-refractivity contribution is 6.15. The summed E-state index contributed by atoms with van der Waals surface area (Å²) in [4.78, 5) is 0. The Bertz CT molecular complexity index is 4470. The van der Waals surface area contributed by atoms with E-state index in [0.29, 0.717) is 0 Å². The second-order valence-electron chi connectivity index (χ2n) is 20.1. The zero-order valence-electron chi connectivity index (χ0n) is 39.9. The van der Waals surface area contributed by atoms with Gasteiger partial charge in [-0.1, -0.05) is 159 Å². The molecule has 0 atom stereocenters. The van der Waals surface area contributed by atoms with Gasteiger partial charge in [-0.2, -0.15) is 0 Å². The van der Waals surface area contributed by atoms with Gasteiger partial charge in [0.05, 0.1) is 22.1 Å². The van der Waals surface area contributed by atoms with E-state index >= 15 is 0 Å². The summed E-state index contributed by atoms with van der Waals surface area (Å²) in [7, 11) is 0. The Morgan fingerprint density at radius 3 is 1.54 bits per heavy atom. The van der Waals surface area contributed by atoms with E-state index in [-0.39, 0.29) is 5.41 Å². The molecule has 11 aromatic carbocycles. The fourth-order valence-corrected chi connectivity index (χ4v) is 12.2. The van der Waals surface area contributed by atoms with Gasteiger partial charge in [-0.3, -0.25) is 0 Å². The first-order valence-electron chi connectivity index (χ1n) is 25.0. The monoisotopic (exact) mass is 918 g/mol. The van der Waals surface area contributed by atoms with E-state index in [9.17, 15) is 0 Å². The van der Waals surface area contributed by atoms with Crippen LogP contribution in [-0.4, -0.2) is 9.13 Å². The summed E-state index contributed by atoms with van der Waals surface area (Å²) in [5.74, 6) is 0. The van der Waals surface area contributed by atoms with E-state index in [2.05, 4.69) is 254 Å². The lowest BCUT2D eigenvalue weighted by molar-refractivity contribution is 0.661. The van der Waals surface area contributed by atoms with Gasteiger partial charge >= 0.3 is 0 Å². The molecule has 0 N–H and O–H groups in total. The maximum Gasteiger partial charge on any atom is 0.135 e. The van der Waals surface area contributed by atoms with Crippen molar-refractivity contribution in [1.82, 2.24) is 9.13 Å². The summed E-state index contributed by atoms with van der Waals surface area (Å²) in [5.41, 5.74) is 23.6. The number of para-hydroxylation sites is 2. The van der Waals surface area contributed by atoms with Crippen molar-refractivity contribution in [2.24, 2.45) is 0 Å². The molecule has 0 bridgehead atoms. The smallest absolute Gasteiger partial charge is 0.135 e. The van der Waals surface area contributed by atoms with Crippen molar-refractivity contribution in [3.63, 3.8) is 0 Å².